The minimum Gasteiger partial charge on any atom is -0.375 e. The van der Waals surface area contributed by atoms with E-state index in [4.69, 9.17) is 16.9 Å². The highest BCUT2D eigenvalue weighted by atomic mass is 35.5. The minimum absolute atomic E-state index is 0.0161. The summed E-state index contributed by atoms with van der Waals surface area (Å²) in [5.41, 5.74) is -5.01. The van der Waals surface area contributed by atoms with Crippen LogP contribution in [0.3, 0.4) is 0 Å². The average Bonchev–Trinajstić information content (AvgIpc) is 2.48. The van der Waals surface area contributed by atoms with E-state index in [0.29, 0.717) is 5.56 Å². The lowest BCUT2D eigenvalue weighted by molar-refractivity contribution is -0.0499. The fourth-order valence-electron chi connectivity index (χ4n) is 1.72. The number of hydrogen-bond acceptors (Lipinski definition) is 4. The van der Waals surface area contributed by atoms with E-state index in [2.05, 4.69) is 4.18 Å². The van der Waals surface area contributed by atoms with Crippen LogP contribution in [0.5, 0.6) is 5.75 Å². The van der Waals surface area contributed by atoms with Gasteiger partial charge in [-0.1, -0.05) is 23.7 Å². The molecule has 0 amide bonds. The molecule has 0 atom stereocenters. The van der Waals surface area contributed by atoms with Gasteiger partial charge in [0.1, 0.15) is 0 Å². The van der Waals surface area contributed by atoms with Crippen LogP contribution in [0.2, 0.25) is 5.02 Å². The third-order valence-electron chi connectivity index (χ3n) is 2.73. The zero-order valence-electron chi connectivity index (χ0n) is 11.1. The lowest BCUT2D eigenvalue weighted by Gasteiger charge is -2.13. The van der Waals surface area contributed by atoms with E-state index in [1.54, 1.807) is 0 Å². The summed E-state index contributed by atoms with van der Waals surface area (Å²) < 4.78 is 64.0. The van der Waals surface area contributed by atoms with Gasteiger partial charge < -0.3 is 4.18 Å². The van der Waals surface area contributed by atoms with Crippen LogP contribution >= 0.6 is 11.6 Å². The second-order valence-electron chi connectivity index (χ2n) is 4.32. The first kappa shape index (κ1) is 17.1. The number of hydrogen-bond donors (Lipinski definition) is 0. The smallest absolute Gasteiger partial charge is 0.375 e. The Morgan fingerprint density at radius 3 is 2.43 bits per heavy atom. The van der Waals surface area contributed by atoms with Crippen molar-refractivity contribution in [3.05, 3.63) is 53.1 Å². The van der Waals surface area contributed by atoms with E-state index in [-0.39, 0.29) is 16.1 Å². The van der Waals surface area contributed by atoms with E-state index in [9.17, 15) is 21.6 Å². The molecule has 0 unspecified atom stereocenters. The maximum Gasteiger partial charge on any atom is 0.534 e. The molecule has 0 aromatic heterocycles. The van der Waals surface area contributed by atoms with E-state index in [1.807, 2.05) is 6.07 Å². The van der Waals surface area contributed by atoms with Crippen LogP contribution in [0.1, 0.15) is 5.56 Å². The Bertz CT molecular complexity index is 889. The highest BCUT2D eigenvalue weighted by Gasteiger charge is 2.48. The first-order valence-corrected chi connectivity index (χ1v) is 7.73. The largest absolute Gasteiger partial charge is 0.534 e. The highest BCUT2D eigenvalue weighted by molar-refractivity contribution is 7.88. The van der Waals surface area contributed by atoms with E-state index >= 15 is 0 Å². The Kier molecular flexibility index (Phi) is 4.54. The molecule has 9 heteroatoms. The monoisotopic (exact) mass is 361 g/mol. The van der Waals surface area contributed by atoms with Crippen molar-refractivity contribution in [1.29, 1.82) is 5.26 Å². The summed E-state index contributed by atoms with van der Waals surface area (Å²) in [4.78, 5) is 0. The molecule has 2 aromatic rings. The molecule has 2 rings (SSSR count). The summed E-state index contributed by atoms with van der Waals surface area (Å²) >= 11 is 5.81. The zero-order chi connectivity index (χ0) is 17.3. The first-order chi connectivity index (χ1) is 10.6. The summed E-state index contributed by atoms with van der Waals surface area (Å²) in [6, 6.07) is 11.2. The molecule has 0 aliphatic rings. The van der Waals surface area contributed by atoms with Crippen molar-refractivity contribution in [3.8, 4) is 22.9 Å². The Hall–Kier alpha value is -2.24. The van der Waals surface area contributed by atoms with Gasteiger partial charge in [0.2, 0.25) is 0 Å². The van der Waals surface area contributed by atoms with E-state index in [1.165, 1.54) is 36.4 Å². The molecular formula is C14H7ClF3NO3S. The van der Waals surface area contributed by atoms with Gasteiger partial charge in [-0.15, -0.1) is 0 Å². The van der Waals surface area contributed by atoms with E-state index in [0.717, 1.165) is 6.07 Å². The number of rotatable bonds is 3. The van der Waals surface area contributed by atoms with Gasteiger partial charge in [0.05, 0.1) is 11.6 Å². The predicted octanol–water partition coefficient (Wildman–Crippen LogP) is 4.11. The van der Waals surface area contributed by atoms with Crippen molar-refractivity contribution in [1.82, 2.24) is 0 Å². The van der Waals surface area contributed by atoms with Crippen molar-refractivity contribution < 1.29 is 25.8 Å². The van der Waals surface area contributed by atoms with Gasteiger partial charge in [0, 0.05) is 10.6 Å². The summed E-state index contributed by atoms with van der Waals surface area (Å²) in [6.45, 7) is 0. The fraction of sp³-hybridized carbons (Fsp3) is 0.0714. The van der Waals surface area contributed by atoms with Crippen LogP contribution < -0.4 is 4.18 Å². The van der Waals surface area contributed by atoms with Crippen molar-refractivity contribution in [3.63, 3.8) is 0 Å². The summed E-state index contributed by atoms with van der Waals surface area (Å²) in [7, 11) is -5.82. The first-order valence-electron chi connectivity index (χ1n) is 5.95. The van der Waals surface area contributed by atoms with Gasteiger partial charge in [0.25, 0.3) is 0 Å². The molecule has 0 saturated heterocycles. The van der Waals surface area contributed by atoms with Crippen LogP contribution in [0.4, 0.5) is 13.2 Å². The number of benzene rings is 2. The number of nitrogens with zero attached hydrogens (tertiary/aromatic N) is 1. The second kappa shape index (κ2) is 6.10. The van der Waals surface area contributed by atoms with Gasteiger partial charge >= 0.3 is 15.6 Å². The van der Waals surface area contributed by atoms with Crippen LogP contribution in [0.25, 0.3) is 11.1 Å². The second-order valence-corrected chi connectivity index (χ2v) is 6.29. The normalized spacial score (nSPS) is 11.8. The number of halogens is 4. The topological polar surface area (TPSA) is 67.2 Å². The van der Waals surface area contributed by atoms with Gasteiger partial charge in [-0.2, -0.15) is 26.9 Å². The standard InChI is InChI=1S/C14H7ClF3NO3S/c15-11-4-5-13(22-23(20,21)14(16,17)18)12(7-11)10-3-1-2-9(6-10)8-19/h1-7H. The molecule has 0 radical (unpaired) electrons. The molecule has 120 valence electrons. The third kappa shape index (κ3) is 3.75. The summed E-state index contributed by atoms with van der Waals surface area (Å²) in [5, 5.41) is 9.04. The molecule has 2 aromatic carbocycles. The Labute approximate surface area is 134 Å². The highest BCUT2D eigenvalue weighted by Crippen LogP contribution is 2.36. The SMILES string of the molecule is N#Cc1cccc(-c2cc(Cl)ccc2OS(=O)(=O)C(F)(F)F)c1. The molecule has 0 aliphatic carbocycles. The fourth-order valence-corrected chi connectivity index (χ4v) is 2.37. The Morgan fingerprint density at radius 1 is 1.13 bits per heavy atom. The lowest BCUT2D eigenvalue weighted by atomic mass is 10.0. The van der Waals surface area contributed by atoms with Gasteiger partial charge in [-0.05, 0) is 35.9 Å². The lowest BCUT2D eigenvalue weighted by Crippen LogP contribution is -2.28. The van der Waals surface area contributed by atoms with E-state index < -0.39 is 21.4 Å². The summed E-state index contributed by atoms with van der Waals surface area (Å²) in [6.07, 6.45) is 0. The Balaban J connectivity index is 2.57. The maximum absolute atomic E-state index is 12.5. The molecule has 0 saturated carbocycles. The predicted molar refractivity (Wildman–Crippen MR) is 77.2 cm³/mol. The van der Waals surface area contributed by atoms with Crippen LogP contribution in [-0.4, -0.2) is 13.9 Å². The van der Waals surface area contributed by atoms with Gasteiger partial charge in [-0.3, -0.25) is 0 Å². The van der Waals surface area contributed by atoms with Gasteiger partial charge in [0.15, 0.2) is 5.75 Å². The molecule has 0 N–H and O–H groups in total. The molecule has 23 heavy (non-hydrogen) atoms. The molecule has 0 bridgehead atoms. The molecule has 0 aliphatic heterocycles. The number of nitriles is 1. The molecule has 0 heterocycles. The molecule has 0 fully saturated rings. The molecule has 0 spiro atoms. The molecule has 4 nitrogen and oxygen atoms in total. The average molecular weight is 362 g/mol. The van der Waals surface area contributed by atoms with Crippen molar-refractivity contribution in [2.24, 2.45) is 0 Å². The van der Waals surface area contributed by atoms with Crippen molar-refractivity contribution >= 4 is 21.7 Å². The summed E-state index contributed by atoms with van der Waals surface area (Å²) in [5.74, 6) is -0.540. The van der Waals surface area contributed by atoms with Crippen LogP contribution in [-0.2, 0) is 10.1 Å². The zero-order valence-corrected chi connectivity index (χ0v) is 12.7. The quantitative estimate of drug-likeness (QED) is 0.609. The van der Waals surface area contributed by atoms with Crippen LogP contribution in [0, 0.1) is 11.3 Å². The van der Waals surface area contributed by atoms with Gasteiger partial charge in [-0.25, -0.2) is 0 Å². The maximum atomic E-state index is 12.5. The van der Waals surface area contributed by atoms with Crippen molar-refractivity contribution in [2.45, 2.75) is 5.51 Å². The van der Waals surface area contributed by atoms with Crippen molar-refractivity contribution in [2.75, 3.05) is 0 Å². The van der Waals surface area contributed by atoms with Crippen LogP contribution in [0.15, 0.2) is 42.5 Å². The minimum atomic E-state index is -5.82. The Morgan fingerprint density at radius 2 is 1.83 bits per heavy atom. The third-order valence-corrected chi connectivity index (χ3v) is 3.93. The number of alkyl halides is 3. The molecular weight excluding hydrogens is 355 g/mol.